The molecule has 0 radical (unpaired) electrons. The maximum absolute atomic E-state index is 2.44. The number of hydrogen-bond acceptors (Lipinski definition) is 1. The molecule has 0 aliphatic carbocycles. The largest absolute Gasteiger partial charge is 0.304 e. The first kappa shape index (κ1) is 7.07. The van der Waals surface area contributed by atoms with Gasteiger partial charge in [0.05, 0.1) is 0 Å². The number of likely N-dealkylation sites (tertiary alicyclic amines) is 1. The van der Waals surface area contributed by atoms with Crippen molar-refractivity contribution in [3.05, 3.63) is 0 Å². The van der Waals surface area contributed by atoms with Crippen molar-refractivity contribution in [2.75, 3.05) is 13.6 Å². The topological polar surface area (TPSA) is 3.24 Å². The Morgan fingerprint density at radius 2 is 2.00 bits per heavy atom. The van der Waals surface area contributed by atoms with E-state index in [1.165, 1.54) is 19.4 Å². The summed E-state index contributed by atoms with van der Waals surface area (Å²) in [4.78, 5) is 2.44. The van der Waals surface area contributed by atoms with Crippen molar-refractivity contribution in [3.8, 4) is 0 Å². The van der Waals surface area contributed by atoms with Crippen molar-refractivity contribution < 1.29 is 0 Å². The molecular formula is C8H17N. The molecule has 0 saturated carbocycles. The molecule has 0 bridgehead atoms. The number of nitrogens with zero attached hydrogens (tertiary/aromatic N) is 1. The summed E-state index contributed by atoms with van der Waals surface area (Å²) >= 11 is 0. The maximum Gasteiger partial charge on any atom is 0.00664 e. The van der Waals surface area contributed by atoms with Crippen LogP contribution < -0.4 is 0 Å². The molecule has 0 aromatic rings. The van der Waals surface area contributed by atoms with Gasteiger partial charge in [0.15, 0.2) is 0 Å². The van der Waals surface area contributed by atoms with E-state index in [0.717, 1.165) is 12.0 Å². The van der Waals surface area contributed by atoms with E-state index in [0.29, 0.717) is 0 Å². The lowest BCUT2D eigenvalue weighted by molar-refractivity contribution is 0.162. The van der Waals surface area contributed by atoms with Crippen molar-refractivity contribution in [3.63, 3.8) is 0 Å². The van der Waals surface area contributed by atoms with Gasteiger partial charge in [-0.2, -0.15) is 0 Å². The minimum atomic E-state index is 0.814. The Morgan fingerprint density at radius 1 is 1.33 bits per heavy atom. The molecule has 0 unspecified atom stereocenters. The summed E-state index contributed by atoms with van der Waals surface area (Å²) in [6.45, 7) is 5.96. The molecule has 0 amide bonds. The molecular weight excluding hydrogens is 110 g/mol. The van der Waals surface area contributed by atoms with Gasteiger partial charge in [0.2, 0.25) is 0 Å². The zero-order chi connectivity index (χ0) is 6.85. The third-order valence-corrected chi connectivity index (χ3v) is 2.47. The van der Waals surface area contributed by atoms with Gasteiger partial charge in [-0.05, 0) is 39.3 Å². The van der Waals surface area contributed by atoms with Crippen LogP contribution in [-0.2, 0) is 0 Å². The highest BCUT2D eigenvalue weighted by Crippen LogP contribution is 2.19. The Morgan fingerprint density at radius 3 is 2.44 bits per heavy atom. The summed E-state index contributed by atoms with van der Waals surface area (Å²) in [6.07, 6.45) is 2.78. The van der Waals surface area contributed by atoms with Crippen LogP contribution in [0.2, 0.25) is 0 Å². The Bertz CT molecular complexity index is 90.6. The zero-order valence-corrected chi connectivity index (χ0v) is 6.72. The summed E-state index contributed by atoms with van der Waals surface area (Å²) in [7, 11) is 2.22. The third kappa shape index (κ3) is 1.68. The first-order valence-corrected chi connectivity index (χ1v) is 3.90. The van der Waals surface area contributed by atoms with Gasteiger partial charge in [-0.15, -0.1) is 0 Å². The molecule has 1 heterocycles. The minimum Gasteiger partial charge on any atom is -0.304 e. The van der Waals surface area contributed by atoms with Crippen LogP contribution in [0.25, 0.3) is 0 Å². The zero-order valence-electron chi connectivity index (χ0n) is 6.72. The number of hydrogen-bond donors (Lipinski definition) is 0. The van der Waals surface area contributed by atoms with Crippen LogP contribution in [0.3, 0.4) is 0 Å². The highest BCUT2D eigenvalue weighted by molar-refractivity contribution is 4.73. The predicted octanol–water partition coefficient (Wildman–Crippen LogP) is 1.74. The van der Waals surface area contributed by atoms with Crippen molar-refractivity contribution in [1.82, 2.24) is 4.90 Å². The van der Waals surface area contributed by atoms with Crippen LogP contribution in [0.5, 0.6) is 0 Å². The molecule has 9 heavy (non-hydrogen) atoms. The van der Waals surface area contributed by atoms with Crippen LogP contribution in [0, 0.1) is 5.92 Å². The first-order valence-electron chi connectivity index (χ1n) is 3.90. The van der Waals surface area contributed by atoms with Gasteiger partial charge in [-0.3, -0.25) is 0 Å². The van der Waals surface area contributed by atoms with Crippen LogP contribution in [0.15, 0.2) is 0 Å². The van der Waals surface area contributed by atoms with Gasteiger partial charge >= 0.3 is 0 Å². The summed E-state index contributed by atoms with van der Waals surface area (Å²) in [5, 5.41) is 0. The molecule has 1 aliphatic rings. The molecule has 0 N–H and O–H groups in total. The van der Waals surface area contributed by atoms with E-state index in [2.05, 4.69) is 25.8 Å². The second-order valence-electron chi connectivity index (χ2n) is 3.46. The van der Waals surface area contributed by atoms with Crippen LogP contribution in [0.1, 0.15) is 26.7 Å². The summed E-state index contributed by atoms with van der Waals surface area (Å²) < 4.78 is 0. The van der Waals surface area contributed by atoms with Gasteiger partial charge in [0.25, 0.3) is 0 Å². The second-order valence-corrected chi connectivity index (χ2v) is 3.46. The van der Waals surface area contributed by atoms with Gasteiger partial charge in [0.1, 0.15) is 0 Å². The molecule has 1 fully saturated rings. The summed E-state index contributed by atoms with van der Waals surface area (Å²) in [5.41, 5.74) is 0. The maximum atomic E-state index is 2.44. The average molecular weight is 127 g/mol. The van der Waals surface area contributed by atoms with Crippen molar-refractivity contribution in [2.45, 2.75) is 32.7 Å². The molecule has 1 nitrogen and oxygen atoms in total. The summed E-state index contributed by atoms with van der Waals surface area (Å²) in [6, 6.07) is 0.814. The second kappa shape index (κ2) is 2.70. The van der Waals surface area contributed by atoms with Gasteiger partial charge < -0.3 is 4.90 Å². The van der Waals surface area contributed by atoms with Gasteiger partial charge in [-0.1, -0.05) is 6.92 Å². The Labute approximate surface area is 58.0 Å². The van der Waals surface area contributed by atoms with E-state index in [9.17, 15) is 0 Å². The van der Waals surface area contributed by atoms with Crippen molar-refractivity contribution >= 4 is 0 Å². The molecule has 0 spiro atoms. The van der Waals surface area contributed by atoms with Gasteiger partial charge in [0, 0.05) is 6.04 Å². The van der Waals surface area contributed by atoms with Crippen LogP contribution >= 0.6 is 0 Å². The lowest BCUT2D eigenvalue weighted by Crippen LogP contribution is -2.36. The number of rotatable bonds is 0. The molecule has 1 rings (SSSR count). The van der Waals surface area contributed by atoms with Gasteiger partial charge in [-0.25, -0.2) is 0 Å². The average Bonchev–Trinajstić information content (AvgIpc) is 1.80. The minimum absolute atomic E-state index is 0.814. The lowest BCUT2D eigenvalue weighted by atomic mass is 9.94. The Kier molecular flexibility index (Phi) is 2.12. The van der Waals surface area contributed by atoms with E-state index in [-0.39, 0.29) is 0 Å². The van der Waals surface area contributed by atoms with E-state index >= 15 is 0 Å². The normalized spacial score (nSPS) is 39.0. The quantitative estimate of drug-likeness (QED) is 0.479. The molecule has 1 saturated heterocycles. The SMILES string of the molecule is C[C@H]1CCN(C)[C@H](C)C1. The monoisotopic (exact) mass is 127 g/mol. The lowest BCUT2D eigenvalue weighted by Gasteiger charge is -2.33. The predicted molar refractivity (Wildman–Crippen MR) is 40.5 cm³/mol. The molecule has 0 aromatic carbocycles. The van der Waals surface area contributed by atoms with E-state index < -0.39 is 0 Å². The molecule has 54 valence electrons. The van der Waals surface area contributed by atoms with Crippen LogP contribution in [0.4, 0.5) is 0 Å². The highest BCUT2D eigenvalue weighted by atomic mass is 15.1. The third-order valence-electron chi connectivity index (χ3n) is 2.47. The molecule has 0 aromatic heterocycles. The molecule has 1 aliphatic heterocycles. The Hall–Kier alpha value is -0.0400. The van der Waals surface area contributed by atoms with Crippen LogP contribution in [-0.4, -0.2) is 24.5 Å². The summed E-state index contributed by atoms with van der Waals surface area (Å²) in [5.74, 6) is 0.955. The van der Waals surface area contributed by atoms with E-state index in [1.807, 2.05) is 0 Å². The van der Waals surface area contributed by atoms with Crippen molar-refractivity contribution in [1.29, 1.82) is 0 Å². The fourth-order valence-corrected chi connectivity index (χ4v) is 1.52. The van der Waals surface area contributed by atoms with E-state index in [4.69, 9.17) is 0 Å². The highest BCUT2D eigenvalue weighted by Gasteiger charge is 2.18. The fraction of sp³-hybridized carbons (Fsp3) is 1.00. The number of piperidine rings is 1. The Balaban J connectivity index is 2.35. The van der Waals surface area contributed by atoms with Crippen molar-refractivity contribution in [2.24, 2.45) is 5.92 Å². The smallest absolute Gasteiger partial charge is 0.00664 e. The molecule has 1 heteroatoms. The molecule has 2 atom stereocenters. The first-order chi connectivity index (χ1) is 4.20. The van der Waals surface area contributed by atoms with E-state index in [1.54, 1.807) is 0 Å². The fourth-order valence-electron chi connectivity index (χ4n) is 1.52. The standard InChI is InChI=1S/C8H17N/c1-7-4-5-9(3)8(2)6-7/h7-8H,4-6H2,1-3H3/t7-,8+/m0/s1.